The number of phenolic OH excluding ortho intramolecular Hbond substituents is 2. The number of nitrogens with zero attached hydrogens (tertiary/aromatic N) is 3. The van der Waals surface area contributed by atoms with E-state index in [1.54, 1.807) is 0 Å². The summed E-state index contributed by atoms with van der Waals surface area (Å²) in [6.07, 6.45) is 1.95. The molecule has 0 amide bonds. The average Bonchev–Trinajstić information content (AvgIpc) is 3.42. The normalized spacial score (nSPS) is 13.8. The van der Waals surface area contributed by atoms with E-state index in [1.807, 2.05) is 24.3 Å². The van der Waals surface area contributed by atoms with Crippen molar-refractivity contribution in [2.45, 2.75) is 36.0 Å². The molecule has 0 aliphatic heterocycles. The van der Waals surface area contributed by atoms with Crippen LogP contribution < -0.4 is 0 Å². The first kappa shape index (κ1) is 21.4. The Bertz CT molecular complexity index is 1060. The molecule has 11 heteroatoms. The Kier molecular flexibility index (Phi) is 6.03. The van der Waals surface area contributed by atoms with Gasteiger partial charge in [0.05, 0.1) is 0 Å². The van der Waals surface area contributed by atoms with Gasteiger partial charge in [0.1, 0.15) is 5.69 Å². The minimum atomic E-state index is -2.08. The van der Waals surface area contributed by atoms with Crippen LogP contribution in [0, 0.1) is 0 Å². The molecule has 1 heterocycles. The van der Waals surface area contributed by atoms with Gasteiger partial charge in [0.15, 0.2) is 11.5 Å². The number of aromatic hydroxyl groups is 2. The van der Waals surface area contributed by atoms with E-state index in [2.05, 4.69) is 26.1 Å². The lowest BCUT2D eigenvalue weighted by molar-refractivity contribution is -0.122. The lowest BCUT2D eigenvalue weighted by atomic mass is 9.97. The molecule has 1 saturated carbocycles. The molecule has 1 aliphatic rings. The number of rotatable bonds is 4. The molecule has 0 unspecified atom stereocenters. The molecule has 2 aromatic carbocycles. The molecule has 0 radical (unpaired) electrons. The van der Waals surface area contributed by atoms with Crippen LogP contribution in [-0.4, -0.2) is 51.9 Å². The number of thioether (sulfide) groups is 1. The second-order valence-corrected chi connectivity index (χ2v) is 8.56. The highest BCUT2D eigenvalue weighted by atomic mass is 79.9. The second-order valence-electron chi connectivity index (χ2n) is 6.51. The first-order valence-corrected chi connectivity index (χ1v) is 10.1. The van der Waals surface area contributed by atoms with Crippen LogP contribution in [0.15, 0.2) is 34.2 Å². The maximum absolute atomic E-state index is 10.8. The Balaban J connectivity index is 0.000000755. The minimum Gasteiger partial charge on any atom is -0.504 e. The predicted molar refractivity (Wildman–Crippen MR) is 109 cm³/mol. The summed E-state index contributed by atoms with van der Waals surface area (Å²) in [5, 5.41) is 55.3. The van der Waals surface area contributed by atoms with E-state index in [0.29, 0.717) is 17.1 Å². The van der Waals surface area contributed by atoms with Crippen LogP contribution in [0.5, 0.6) is 11.5 Å². The highest BCUT2D eigenvalue weighted by Crippen LogP contribution is 2.53. The molecule has 4 rings (SSSR count). The number of aromatic nitrogens is 3. The largest absolute Gasteiger partial charge is 0.504 e. The second kappa shape index (κ2) is 8.19. The fraction of sp³-hybridized carbons (Fsp3) is 0.278. The van der Waals surface area contributed by atoms with Crippen LogP contribution in [0.1, 0.15) is 31.2 Å². The molecule has 154 valence electrons. The van der Waals surface area contributed by atoms with E-state index in [1.165, 1.54) is 11.5 Å². The van der Waals surface area contributed by atoms with E-state index < -0.39 is 5.12 Å². The van der Waals surface area contributed by atoms with Crippen molar-refractivity contribution in [3.63, 3.8) is 0 Å². The molecule has 0 bridgehead atoms. The Morgan fingerprint density at radius 2 is 1.76 bits per heavy atom. The van der Waals surface area contributed by atoms with Crippen molar-refractivity contribution in [1.29, 1.82) is 0 Å². The molecular formula is C18H18BrN3O6S. The number of hydrogen-bond acceptors (Lipinski definition) is 8. The zero-order valence-electron chi connectivity index (χ0n) is 15.2. The van der Waals surface area contributed by atoms with Gasteiger partial charge in [-0.15, -0.1) is 10.2 Å². The van der Waals surface area contributed by atoms with Crippen LogP contribution in [0.2, 0.25) is 0 Å². The van der Waals surface area contributed by atoms with E-state index in [9.17, 15) is 20.4 Å². The molecule has 1 aliphatic carbocycles. The van der Waals surface area contributed by atoms with Crippen molar-refractivity contribution >= 4 is 44.9 Å². The van der Waals surface area contributed by atoms with E-state index in [4.69, 9.17) is 9.90 Å². The van der Waals surface area contributed by atoms with Gasteiger partial charge in [0, 0.05) is 17.9 Å². The van der Waals surface area contributed by atoms with Crippen molar-refractivity contribution in [2.24, 2.45) is 0 Å². The number of fused-ring (bicyclic) bond motifs is 1. The number of carboxylic acid groups (broad SMARTS) is 1. The van der Waals surface area contributed by atoms with E-state index in [0.717, 1.165) is 23.8 Å². The van der Waals surface area contributed by atoms with Gasteiger partial charge < -0.3 is 25.5 Å². The van der Waals surface area contributed by atoms with Crippen LogP contribution in [0.3, 0.4) is 0 Å². The zero-order valence-corrected chi connectivity index (χ0v) is 17.6. The van der Waals surface area contributed by atoms with Crippen LogP contribution >= 0.6 is 27.7 Å². The van der Waals surface area contributed by atoms with Gasteiger partial charge in [0.25, 0.3) is 6.47 Å². The van der Waals surface area contributed by atoms with E-state index in [-0.39, 0.29) is 39.5 Å². The summed E-state index contributed by atoms with van der Waals surface area (Å²) in [7, 11) is 0. The first-order valence-electron chi connectivity index (χ1n) is 8.49. The summed E-state index contributed by atoms with van der Waals surface area (Å²) in [6.45, 7) is 0.955. The molecule has 9 nitrogen and oxygen atoms in total. The van der Waals surface area contributed by atoms with Crippen molar-refractivity contribution in [1.82, 2.24) is 14.8 Å². The molecule has 0 saturated heterocycles. The predicted octanol–water partition coefficient (Wildman–Crippen LogP) is 2.92. The summed E-state index contributed by atoms with van der Waals surface area (Å²) in [5.74, 6) is -0.213. The number of carbonyl (C=O) groups is 1. The standard InChI is InChI=1S/C17H16BrN3O4S.CH2O2/c1-17(24,25)26-16-20-19-15(18)21(16)12-10-5-3-2-4-9(10)11(8-6-7-8)13(22)14(12)23;2-1-3/h2-5,8,22-25H,6-7H2,1H3;1H,(H,2,3). The first-order chi connectivity index (χ1) is 13.7. The molecule has 0 spiro atoms. The van der Waals surface area contributed by atoms with Gasteiger partial charge in [-0.05, 0) is 51.8 Å². The zero-order chi connectivity index (χ0) is 21.3. The van der Waals surface area contributed by atoms with Crippen LogP contribution in [0.4, 0.5) is 0 Å². The Labute approximate surface area is 177 Å². The van der Waals surface area contributed by atoms with Crippen molar-refractivity contribution < 1.29 is 30.3 Å². The number of benzene rings is 2. The quantitative estimate of drug-likeness (QED) is 0.163. The average molecular weight is 484 g/mol. The van der Waals surface area contributed by atoms with Crippen molar-refractivity contribution in [3.05, 3.63) is 34.6 Å². The van der Waals surface area contributed by atoms with Gasteiger partial charge in [-0.25, -0.2) is 0 Å². The third-order valence-corrected chi connectivity index (χ3v) is 5.61. The number of aliphatic hydroxyl groups is 2. The number of phenols is 2. The van der Waals surface area contributed by atoms with Gasteiger partial charge >= 0.3 is 0 Å². The van der Waals surface area contributed by atoms with E-state index >= 15 is 0 Å². The Hall–Kier alpha value is -2.34. The van der Waals surface area contributed by atoms with Gasteiger partial charge in [-0.2, -0.15) is 0 Å². The lowest BCUT2D eigenvalue weighted by Gasteiger charge is -2.19. The minimum absolute atomic E-state index is 0.156. The van der Waals surface area contributed by atoms with Crippen molar-refractivity contribution in [2.75, 3.05) is 0 Å². The third-order valence-electron chi connectivity index (χ3n) is 4.26. The van der Waals surface area contributed by atoms with Crippen LogP contribution in [-0.2, 0) is 4.79 Å². The maximum atomic E-state index is 10.8. The van der Waals surface area contributed by atoms with Crippen molar-refractivity contribution in [3.8, 4) is 17.2 Å². The molecule has 5 N–H and O–H groups in total. The topological polar surface area (TPSA) is 149 Å². The van der Waals surface area contributed by atoms with Gasteiger partial charge in [0.2, 0.25) is 15.0 Å². The third kappa shape index (κ3) is 4.32. The summed E-state index contributed by atoms with van der Waals surface area (Å²) in [5.41, 5.74) is 1.03. The molecule has 3 aromatic rings. The summed E-state index contributed by atoms with van der Waals surface area (Å²) in [4.78, 5) is 8.36. The Morgan fingerprint density at radius 3 is 2.31 bits per heavy atom. The fourth-order valence-electron chi connectivity index (χ4n) is 3.11. The molecular weight excluding hydrogens is 466 g/mol. The SMILES string of the molecule is CC(O)(O)Sc1nnc(Br)n1-c1c(O)c(O)c(C2CC2)c2ccccc12.O=CO. The number of halogens is 1. The highest BCUT2D eigenvalue weighted by Gasteiger charge is 2.33. The number of hydrogen-bond donors (Lipinski definition) is 5. The van der Waals surface area contributed by atoms with Crippen LogP contribution in [0.25, 0.3) is 16.5 Å². The van der Waals surface area contributed by atoms with Gasteiger partial charge in [-0.1, -0.05) is 24.3 Å². The smallest absolute Gasteiger partial charge is 0.290 e. The Morgan fingerprint density at radius 1 is 1.17 bits per heavy atom. The molecule has 29 heavy (non-hydrogen) atoms. The summed E-state index contributed by atoms with van der Waals surface area (Å²) < 4.78 is 1.71. The maximum Gasteiger partial charge on any atom is 0.290 e. The van der Waals surface area contributed by atoms with Gasteiger partial charge in [-0.3, -0.25) is 9.36 Å². The molecule has 1 fully saturated rings. The molecule has 0 atom stereocenters. The summed E-state index contributed by atoms with van der Waals surface area (Å²) >= 11 is 3.95. The fourth-order valence-corrected chi connectivity index (χ4v) is 4.35. The molecule has 1 aromatic heterocycles. The highest BCUT2D eigenvalue weighted by molar-refractivity contribution is 9.10. The lowest BCUT2D eigenvalue weighted by Crippen LogP contribution is -2.18. The monoisotopic (exact) mass is 483 g/mol. The summed E-state index contributed by atoms with van der Waals surface area (Å²) in [6, 6.07) is 7.46.